The van der Waals surface area contributed by atoms with E-state index >= 15 is 0 Å². The van der Waals surface area contributed by atoms with Crippen LogP contribution in [-0.4, -0.2) is 11.1 Å². The third kappa shape index (κ3) is 4.32. The van der Waals surface area contributed by atoms with Crippen molar-refractivity contribution < 1.29 is 14.6 Å². The Labute approximate surface area is 181 Å². The van der Waals surface area contributed by atoms with Crippen molar-refractivity contribution in [2.75, 3.05) is 0 Å². The molecule has 0 aliphatic rings. The largest absolute Gasteiger partial charge is 0.480 e. The Hall–Kier alpha value is -3.29. The lowest BCUT2D eigenvalue weighted by molar-refractivity contribution is -0.143. The second kappa shape index (κ2) is 9.02. The summed E-state index contributed by atoms with van der Waals surface area (Å²) in [7, 11) is 0. The summed E-state index contributed by atoms with van der Waals surface area (Å²) >= 11 is 6.22. The van der Waals surface area contributed by atoms with E-state index in [9.17, 15) is 15.2 Å². The summed E-state index contributed by atoms with van der Waals surface area (Å²) in [6.45, 7) is 3.48. The summed E-state index contributed by atoms with van der Waals surface area (Å²) in [4.78, 5) is 12.2. The minimum atomic E-state index is -1.65. The number of carboxylic acid groups (broad SMARTS) is 1. The molecule has 0 amide bonds. The summed E-state index contributed by atoms with van der Waals surface area (Å²) < 4.78 is 5.90. The van der Waals surface area contributed by atoms with Gasteiger partial charge in [0.2, 0.25) is 0 Å². The number of nitriles is 1. The number of ether oxygens (including phenoxy) is 1. The third-order valence-electron chi connectivity index (χ3n) is 5.14. The highest BCUT2D eigenvalue weighted by Crippen LogP contribution is 2.37. The topological polar surface area (TPSA) is 70.3 Å². The molecule has 0 bridgehead atoms. The molecule has 5 heteroatoms. The first-order valence-electron chi connectivity index (χ1n) is 9.62. The van der Waals surface area contributed by atoms with Gasteiger partial charge in [-0.15, -0.1) is 0 Å². The molecular weight excluding hydrogens is 398 g/mol. The zero-order valence-electron chi connectivity index (χ0n) is 16.8. The van der Waals surface area contributed by atoms with Crippen LogP contribution in [0.5, 0.6) is 11.5 Å². The average Bonchev–Trinajstić information content (AvgIpc) is 2.71. The maximum Gasteiger partial charge on any atom is 0.328 e. The van der Waals surface area contributed by atoms with Crippen LogP contribution in [0.1, 0.15) is 30.5 Å². The zero-order chi connectivity index (χ0) is 21.7. The lowest BCUT2D eigenvalue weighted by Crippen LogP contribution is -2.40. The fourth-order valence-electron chi connectivity index (χ4n) is 3.57. The predicted molar refractivity (Wildman–Crippen MR) is 117 cm³/mol. The van der Waals surface area contributed by atoms with Gasteiger partial charge in [-0.2, -0.15) is 5.26 Å². The molecule has 0 aromatic heterocycles. The number of hydrogen-bond acceptors (Lipinski definition) is 3. The Kier molecular flexibility index (Phi) is 6.44. The minimum Gasteiger partial charge on any atom is -0.480 e. The van der Waals surface area contributed by atoms with E-state index < -0.39 is 17.3 Å². The van der Waals surface area contributed by atoms with Crippen molar-refractivity contribution in [1.82, 2.24) is 0 Å². The summed E-state index contributed by atoms with van der Waals surface area (Å²) in [5.41, 5.74) is 0.439. The Morgan fingerprint density at radius 1 is 1.07 bits per heavy atom. The molecule has 30 heavy (non-hydrogen) atoms. The number of hydrogen-bond donors (Lipinski definition) is 1. The van der Waals surface area contributed by atoms with Gasteiger partial charge in [0.25, 0.3) is 0 Å². The standard InChI is InChI=1S/C25H22ClNO3/c1-17(2)25(16-27,24(28)29)23-12-11-20(26)15-19(23)13-18-7-6-10-22(14-18)30-21-8-4-3-5-9-21/h3-12,14-15,17H,13H2,1-2H3,(H,28,29). The monoisotopic (exact) mass is 419 g/mol. The molecule has 0 spiro atoms. The quantitative estimate of drug-likeness (QED) is 0.493. The van der Waals surface area contributed by atoms with Crippen LogP contribution < -0.4 is 4.74 Å². The molecule has 0 radical (unpaired) electrons. The van der Waals surface area contributed by atoms with Gasteiger partial charge in [-0.05, 0) is 65.4 Å². The van der Waals surface area contributed by atoms with Gasteiger partial charge in [0.15, 0.2) is 5.41 Å². The first-order chi connectivity index (χ1) is 14.4. The highest BCUT2D eigenvalue weighted by atomic mass is 35.5. The Morgan fingerprint density at radius 2 is 1.77 bits per heavy atom. The summed E-state index contributed by atoms with van der Waals surface area (Å²) in [5, 5.41) is 20.3. The van der Waals surface area contributed by atoms with Crippen molar-refractivity contribution in [2.45, 2.75) is 25.7 Å². The van der Waals surface area contributed by atoms with E-state index in [0.717, 1.165) is 11.3 Å². The van der Waals surface area contributed by atoms with Crippen LogP contribution in [0.4, 0.5) is 0 Å². The highest BCUT2D eigenvalue weighted by Gasteiger charge is 2.45. The van der Waals surface area contributed by atoms with Gasteiger partial charge in [0, 0.05) is 5.02 Å². The molecular formula is C25H22ClNO3. The van der Waals surface area contributed by atoms with Crippen molar-refractivity contribution in [3.63, 3.8) is 0 Å². The Bertz CT molecular complexity index is 1090. The molecule has 1 atom stereocenters. The van der Waals surface area contributed by atoms with Gasteiger partial charge in [-0.1, -0.05) is 61.8 Å². The lowest BCUT2D eigenvalue weighted by atomic mass is 9.70. The van der Waals surface area contributed by atoms with E-state index in [1.165, 1.54) is 0 Å². The molecule has 3 aromatic carbocycles. The Morgan fingerprint density at radius 3 is 2.40 bits per heavy atom. The van der Waals surface area contributed by atoms with E-state index in [4.69, 9.17) is 16.3 Å². The first-order valence-corrected chi connectivity index (χ1v) is 10.00. The molecule has 0 heterocycles. The minimum absolute atomic E-state index is 0.422. The molecule has 1 unspecified atom stereocenters. The van der Waals surface area contributed by atoms with Crippen molar-refractivity contribution in [3.05, 3.63) is 94.5 Å². The van der Waals surface area contributed by atoms with Gasteiger partial charge in [-0.3, -0.25) is 4.79 Å². The van der Waals surface area contributed by atoms with Gasteiger partial charge >= 0.3 is 5.97 Å². The van der Waals surface area contributed by atoms with E-state index in [0.29, 0.717) is 28.3 Å². The molecule has 0 aliphatic heterocycles. The number of carbonyl (C=O) groups is 1. The maximum absolute atomic E-state index is 12.2. The number of para-hydroxylation sites is 1. The molecule has 0 saturated heterocycles. The van der Waals surface area contributed by atoms with Crippen molar-refractivity contribution in [2.24, 2.45) is 5.92 Å². The molecule has 1 N–H and O–H groups in total. The summed E-state index contributed by atoms with van der Waals surface area (Å²) in [6, 6.07) is 24.1. The normalized spacial score (nSPS) is 12.8. The number of nitrogens with zero attached hydrogens (tertiary/aromatic N) is 1. The van der Waals surface area contributed by atoms with Crippen LogP contribution in [0, 0.1) is 17.2 Å². The van der Waals surface area contributed by atoms with Gasteiger partial charge < -0.3 is 9.84 Å². The molecule has 3 aromatic rings. The first kappa shape index (κ1) is 21.4. The molecule has 4 nitrogen and oxygen atoms in total. The molecule has 152 valence electrons. The van der Waals surface area contributed by atoms with Gasteiger partial charge in [0.05, 0.1) is 6.07 Å². The van der Waals surface area contributed by atoms with Crippen LogP contribution >= 0.6 is 11.6 Å². The fourth-order valence-corrected chi connectivity index (χ4v) is 3.76. The summed E-state index contributed by atoms with van der Waals surface area (Å²) in [5.74, 6) is -0.180. The molecule has 0 aliphatic carbocycles. The maximum atomic E-state index is 12.2. The average molecular weight is 420 g/mol. The second-order valence-electron chi connectivity index (χ2n) is 7.42. The molecule has 0 fully saturated rings. The third-order valence-corrected chi connectivity index (χ3v) is 5.38. The number of carboxylic acids is 1. The number of aliphatic carboxylic acids is 1. The lowest BCUT2D eigenvalue weighted by Gasteiger charge is -2.29. The molecule has 3 rings (SSSR count). The SMILES string of the molecule is CC(C)C(C#N)(C(=O)O)c1ccc(Cl)cc1Cc1cccc(Oc2ccccc2)c1. The van der Waals surface area contributed by atoms with Crippen LogP contribution in [0.2, 0.25) is 5.02 Å². The zero-order valence-corrected chi connectivity index (χ0v) is 17.6. The summed E-state index contributed by atoms with van der Waals surface area (Å²) in [6.07, 6.45) is 0.422. The predicted octanol–water partition coefficient (Wildman–Crippen LogP) is 6.23. The smallest absolute Gasteiger partial charge is 0.328 e. The van der Waals surface area contributed by atoms with Crippen molar-refractivity contribution in [1.29, 1.82) is 5.26 Å². The van der Waals surface area contributed by atoms with Crippen LogP contribution in [0.3, 0.4) is 0 Å². The van der Waals surface area contributed by atoms with Gasteiger partial charge in [-0.25, -0.2) is 0 Å². The second-order valence-corrected chi connectivity index (χ2v) is 7.86. The van der Waals surface area contributed by atoms with E-state index in [-0.39, 0.29) is 0 Å². The number of benzene rings is 3. The van der Waals surface area contributed by atoms with E-state index in [1.807, 2.05) is 54.6 Å². The van der Waals surface area contributed by atoms with Gasteiger partial charge in [0.1, 0.15) is 11.5 Å². The van der Waals surface area contributed by atoms with E-state index in [1.54, 1.807) is 32.0 Å². The van der Waals surface area contributed by atoms with Crippen LogP contribution in [-0.2, 0) is 16.6 Å². The highest BCUT2D eigenvalue weighted by molar-refractivity contribution is 6.30. The van der Waals surface area contributed by atoms with E-state index in [2.05, 4.69) is 6.07 Å². The van der Waals surface area contributed by atoms with Crippen LogP contribution in [0.25, 0.3) is 0 Å². The fraction of sp³-hybridized carbons (Fsp3) is 0.200. The van der Waals surface area contributed by atoms with Crippen molar-refractivity contribution in [3.8, 4) is 17.6 Å². The van der Waals surface area contributed by atoms with Crippen LogP contribution in [0.15, 0.2) is 72.8 Å². The number of halogens is 1. The number of rotatable bonds is 7. The van der Waals surface area contributed by atoms with Crippen molar-refractivity contribution >= 4 is 17.6 Å². The Balaban J connectivity index is 2.00. The molecule has 0 saturated carbocycles.